The van der Waals surface area contributed by atoms with Crippen LogP contribution in [0.5, 0.6) is 28.7 Å². The second-order valence-corrected chi connectivity index (χ2v) is 11.2. The normalized spacial score (nSPS) is 17.2. The zero-order valence-corrected chi connectivity index (χ0v) is 24.1. The van der Waals surface area contributed by atoms with Gasteiger partial charge in [-0.2, -0.15) is 0 Å². The molecule has 0 radical (unpaired) electrons. The molecule has 2 heterocycles. The molecule has 0 spiro atoms. The summed E-state index contributed by atoms with van der Waals surface area (Å²) in [5.41, 5.74) is 3.11. The van der Waals surface area contributed by atoms with E-state index < -0.39 is 28.2 Å². The Labute approximate surface area is 238 Å². The molecule has 2 aliphatic heterocycles. The minimum atomic E-state index is -3.72. The molecule has 5 rings (SSSR count). The number of aryl methyl sites for hydroxylation is 1. The molecule has 12 heteroatoms. The second-order valence-electron chi connectivity index (χ2n) is 9.41. The lowest BCUT2D eigenvalue weighted by atomic mass is 9.93. The second kappa shape index (κ2) is 11.5. The maximum Gasteiger partial charge on any atom is 0.342 e. The molecule has 41 heavy (non-hydrogen) atoms. The number of benzene rings is 3. The average molecular weight is 586 g/mol. The van der Waals surface area contributed by atoms with Crippen molar-refractivity contribution >= 4 is 16.0 Å². The summed E-state index contributed by atoms with van der Waals surface area (Å²) in [6.45, 7) is 2.01. The largest absolute Gasteiger partial charge is 0.493 e. The topological polar surface area (TPSA) is 131 Å². The van der Waals surface area contributed by atoms with Crippen molar-refractivity contribution in [1.82, 2.24) is 4.72 Å². The summed E-state index contributed by atoms with van der Waals surface area (Å²) >= 11 is 0. The minimum absolute atomic E-state index is 0.0196. The highest BCUT2D eigenvalue weighted by molar-refractivity contribution is 7.89. The van der Waals surface area contributed by atoms with Crippen molar-refractivity contribution in [3.63, 3.8) is 0 Å². The number of hydrogen-bond donors (Lipinski definition) is 1. The standard InChI is InChI=1S/C29H31NO10S/c1-16-6-8-18(9-7-16)41(32,33)30-13-12-17-14-21-26(39-15-38-21)27(36-4)22(17)28-24(40-28)19-10-11-20(34-2)25(35-3)23(19)29(31)37-5/h6-11,14,24,28,30H,12-13,15H2,1-5H3. The van der Waals surface area contributed by atoms with Gasteiger partial charge in [-0.3, -0.25) is 0 Å². The zero-order chi connectivity index (χ0) is 29.3. The summed E-state index contributed by atoms with van der Waals surface area (Å²) in [5, 5.41) is 0. The fourth-order valence-corrected chi connectivity index (χ4v) is 6.01. The first-order valence-electron chi connectivity index (χ1n) is 12.8. The molecule has 1 saturated heterocycles. The van der Waals surface area contributed by atoms with E-state index in [2.05, 4.69) is 4.72 Å². The molecule has 0 saturated carbocycles. The molecule has 11 nitrogen and oxygen atoms in total. The quantitative estimate of drug-likeness (QED) is 0.261. The molecule has 0 amide bonds. The van der Waals surface area contributed by atoms with Gasteiger partial charge >= 0.3 is 5.97 Å². The van der Waals surface area contributed by atoms with Crippen LogP contribution in [0.15, 0.2) is 47.4 Å². The molecule has 0 aromatic heterocycles. The number of ether oxygens (including phenoxy) is 7. The van der Waals surface area contributed by atoms with Crippen molar-refractivity contribution < 1.29 is 46.4 Å². The van der Waals surface area contributed by atoms with Crippen molar-refractivity contribution in [2.45, 2.75) is 30.4 Å². The van der Waals surface area contributed by atoms with E-state index in [4.69, 9.17) is 33.2 Å². The zero-order valence-electron chi connectivity index (χ0n) is 23.3. The number of methoxy groups -OCH3 is 4. The van der Waals surface area contributed by atoms with Crippen molar-refractivity contribution in [2.24, 2.45) is 0 Å². The molecular weight excluding hydrogens is 554 g/mol. The average Bonchev–Trinajstić information content (AvgIpc) is 3.62. The van der Waals surface area contributed by atoms with Crippen LogP contribution in [0.3, 0.4) is 0 Å². The van der Waals surface area contributed by atoms with Gasteiger partial charge in [-0.1, -0.05) is 23.8 Å². The number of carbonyl (C=O) groups is 1. The number of sulfonamides is 1. The van der Waals surface area contributed by atoms with Crippen LogP contribution in [-0.2, 0) is 25.9 Å². The molecule has 3 aromatic carbocycles. The van der Waals surface area contributed by atoms with Gasteiger partial charge in [-0.05, 0) is 43.2 Å². The predicted octanol–water partition coefficient (Wildman–Crippen LogP) is 3.87. The Bertz CT molecular complexity index is 1570. The summed E-state index contributed by atoms with van der Waals surface area (Å²) in [6.07, 6.45) is -0.790. The fraction of sp³-hybridized carbons (Fsp3) is 0.345. The van der Waals surface area contributed by atoms with E-state index in [1.807, 2.05) is 6.92 Å². The summed E-state index contributed by atoms with van der Waals surface area (Å²) in [6, 6.07) is 11.8. The first kappa shape index (κ1) is 28.5. The summed E-state index contributed by atoms with van der Waals surface area (Å²) < 4.78 is 67.6. The van der Waals surface area contributed by atoms with E-state index in [1.54, 1.807) is 42.5 Å². The van der Waals surface area contributed by atoms with E-state index in [0.717, 1.165) is 11.1 Å². The molecule has 2 unspecified atom stereocenters. The number of epoxide rings is 1. The van der Waals surface area contributed by atoms with Crippen LogP contribution in [0.1, 0.15) is 44.8 Å². The van der Waals surface area contributed by atoms with E-state index in [9.17, 15) is 13.2 Å². The lowest BCUT2D eigenvalue weighted by Gasteiger charge is -2.17. The van der Waals surface area contributed by atoms with Crippen molar-refractivity contribution in [1.29, 1.82) is 0 Å². The number of esters is 1. The number of carbonyl (C=O) groups excluding carboxylic acids is 1. The van der Waals surface area contributed by atoms with Gasteiger partial charge in [-0.15, -0.1) is 0 Å². The van der Waals surface area contributed by atoms with Crippen LogP contribution in [0.4, 0.5) is 0 Å². The maximum absolute atomic E-state index is 12.9. The molecule has 0 aliphatic carbocycles. The Balaban J connectivity index is 1.48. The first-order chi connectivity index (χ1) is 19.7. The van der Waals surface area contributed by atoms with Gasteiger partial charge in [0, 0.05) is 17.7 Å². The highest BCUT2D eigenvalue weighted by Gasteiger charge is 2.48. The highest BCUT2D eigenvalue weighted by Crippen LogP contribution is 2.59. The Morgan fingerprint density at radius 1 is 0.951 bits per heavy atom. The van der Waals surface area contributed by atoms with Crippen molar-refractivity contribution in [2.75, 3.05) is 41.8 Å². The molecule has 218 valence electrons. The number of nitrogens with one attached hydrogen (secondary N) is 1. The van der Waals surface area contributed by atoms with Gasteiger partial charge in [0.05, 0.1) is 33.3 Å². The first-order valence-corrected chi connectivity index (χ1v) is 14.3. The number of rotatable bonds is 11. The van der Waals surface area contributed by atoms with Crippen LogP contribution in [0, 0.1) is 6.92 Å². The SMILES string of the molecule is COC(=O)c1c(C2OC2c2c(CCNS(=O)(=O)c3ccc(C)cc3)cc3c(c2OC)OCO3)ccc(OC)c1OC. The van der Waals surface area contributed by atoms with Crippen molar-refractivity contribution in [3.05, 3.63) is 70.3 Å². The Morgan fingerprint density at radius 2 is 1.68 bits per heavy atom. The molecule has 1 fully saturated rings. The van der Waals surface area contributed by atoms with Gasteiger partial charge < -0.3 is 33.2 Å². The Hall–Kier alpha value is -4.00. The summed E-state index contributed by atoms with van der Waals surface area (Å²) in [5.74, 6) is 1.34. The molecule has 1 N–H and O–H groups in total. The minimum Gasteiger partial charge on any atom is -0.493 e. The van der Waals surface area contributed by atoms with E-state index in [0.29, 0.717) is 40.5 Å². The van der Waals surface area contributed by atoms with Crippen LogP contribution < -0.4 is 28.4 Å². The summed E-state index contributed by atoms with van der Waals surface area (Å²) in [4.78, 5) is 13.0. The predicted molar refractivity (Wildman–Crippen MR) is 147 cm³/mol. The molecule has 2 atom stereocenters. The maximum atomic E-state index is 12.9. The lowest BCUT2D eigenvalue weighted by molar-refractivity contribution is 0.0594. The molecular formula is C29H31NO10S. The monoisotopic (exact) mass is 585 g/mol. The number of fused-ring (bicyclic) bond motifs is 1. The van der Waals surface area contributed by atoms with E-state index in [1.165, 1.54) is 28.4 Å². The smallest absolute Gasteiger partial charge is 0.342 e. The van der Waals surface area contributed by atoms with Gasteiger partial charge in [-0.25, -0.2) is 17.9 Å². The third-order valence-corrected chi connectivity index (χ3v) is 8.49. The van der Waals surface area contributed by atoms with Gasteiger partial charge in [0.1, 0.15) is 17.8 Å². The van der Waals surface area contributed by atoms with Crippen LogP contribution in [0.25, 0.3) is 0 Å². The fourth-order valence-electron chi connectivity index (χ4n) is 4.98. The third kappa shape index (κ3) is 5.37. The van der Waals surface area contributed by atoms with Crippen LogP contribution in [0.2, 0.25) is 0 Å². The van der Waals surface area contributed by atoms with Gasteiger partial charge in [0.2, 0.25) is 22.6 Å². The van der Waals surface area contributed by atoms with Gasteiger partial charge in [0.25, 0.3) is 0 Å². The third-order valence-electron chi connectivity index (χ3n) is 7.02. The Morgan fingerprint density at radius 3 is 2.34 bits per heavy atom. The van der Waals surface area contributed by atoms with Crippen LogP contribution in [-0.4, -0.2) is 56.2 Å². The van der Waals surface area contributed by atoms with E-state index >= 15 is 0 Å². The molecule has 3 aromatic rings. The summed E-state index contributed by atoms with van der Waals surface area (Å²) in [7, 11) is 1.99. The highest BCUT2D eigenvalue weighted by atomic mass is 32.2. The van der Waals surface area contributed by atoms with Crippen molar-refractivity contribution in [3.8, 4) is 28.7 Å². The van der Waals surface area contributed by atoms with E-state index in [-0.39, 0.29) is 29.5 Å². The molecule has 0 bridgehead atoms. The molecule has 2 aliphatic rings. The Kier molecular flexibility index (Phi) is 7.98. The lowest BCUT2D eigenvalue weighted by Crippen LogP contribution is -2.26. The van der Waals surface area contributed by atoms with Gasteiger partial charge in [0.15, 0.2) is 23.0 Å². The van der Waals surface area contributed by atoms with Crippen LogP contribution >= 0.6 is 0 Å². The number of hydrogen-bond acceptors (Lipinski definition) is 10.